The molecule has 0 aliphatic heterocycles. The summed E-state index contributed by atoms with van der Waals surface area (Å²) in [6.07, 6.45) is 1.79. The monoisotopic (exact) mass is 527 g/mol. The SMILES string of the molecule is [C-]#[N+]c1ccc(Cn2/c(=N\C(=O)c3cccc(Cl)c3)n(Cc3cccc4cccnc34)c3ccccc32)cc1. The van der Waals surface area contributed by atoms with Crippen LogP contribution in [-0.2, 0) is 13.1 Å². The highest BCUT2D eigenvalue weighted by Gasteiger charge is 2.16. The van der Waals surface area contributed by atoms with Gasteiger partial charge in [0.1, 0.15) is 0 Å². The number of pyridine rings is 1. The van der Waals surface area contributed by atoms with Crippen molar-refractivity contribution in [2.75, 3.05) is 0 Å². The molecule has 0 bridgehead atoms. The number of amides is 1. The average molecular weight is 528 g/mol. The molecule has 2 aromatic heterocycles. The van der Waals surface area contributed by atoms with E-state index in [4.69, 9.17) is 18.2 Å². The topological polar surface area (TPSA) is 56.5 Å². The molecule has 39 heavy (non-hydrogen) atoms. The zero-order chi connectivity index (χ0) is 26.8. The first-order valence-electron chi connectivity index (χ1n) is 12.4. The van der Waals surface area contributed by atoms with Gasteiger partial charge in [0.15, 0.2) is 5.69 Å². The molecule has 0 N–H and O–H groups in total. The predicted octanol–water partition coefficient (Wildman–Crippen LogP) is 7.03. The zero-order valence-electron chi connectivity index (χ0n) is 20.8. The summed E-state index contributed by atoms with van der Waals surface area (Å²) in [5.74, 6) is -0.380. The molecule has 4 aromatic carbocycles. The second kappa shape index (κ2) is 10.4. The quantitative estimate of drug-likeness (QED) is 0.226. The highest BCUT2D eigenvalue weighted by atomic mass is 35.5. The summed E-state index contributed by atoms with van der Waals surface area (Å²) >= 11 is 6.18. The summed E-state index contributed by atoms with van der Waals surface area (Å²) in [4.78, 5) is 26.3. The molecule has 6 nitrogen and oxygen atoms in total. The highest BCUT2D eigenvalue weighted by Crippen LogP contribution is 2.21. The van der Waals surface area contributed by atoms with Crippen LogP contribution in [0.4, 0.5) is 5.69 Å². The van der Waals surface area contributed by atoms with Crippen molar-refractivity contribution in [2.45, 2.75) is 13.1 Å². The van der Waals surface area contributed by atoms with Crippen molar-refractivity contribution in [2.24, 2.45) is 4.99 Å². The Balaban J connectivity index is 1.58. The van der Waals surface area contributed by atoms with Gasteiger partial charge in [-0.15, -0.1) is 0 Å². The Hall–Kier alpha value is -4.99. The van der Waals surface area contributed by atoms with E-state index >= 15 is 0 Å². The van der Waals surface area contributed by atoms with E-state index in [2.05, 4.69) is 25.5 Å². The van der Waals surface area contributed by atoms with Gasteiger partial charge in [0.25, 0.3) is 5.91 Å². The highest BCUT2D eigenvalue weighted by molar-refractivity contribution is 6.31. The first-order chi connectivity index (χ1) is 19.1. The lowest BCUT2D eigenvalue weighted by Gasteiger charge is -2.09. The third-order valence-corrected chi connectivity index (χ3v) is 6.91. The van der Waals surface area contributed by atoms with Crippen molar-refractivity contribution in [1.82, 2.24) is 14.1 Å². The molecule has 6 rings (SSSR count). The maximum absolute atomic E-state index is 13.5. The lowest BCUT2D eigenvalue weighted by molar-refractivity contribution is 0.0996. The molecule has 7 heteroatoms. The van der Waals surface area contributed by atoms with E-state index in [-0.39, 0.29) is 5.91 Å². The van der Waals surface area contributed by atoms with Crippen molar-refractivity contribution >= 4 is 45.1 Å². The molecule has 1 amide bonds. The minimum Gasteiger partial charge on any atom is -0.305 e. The summed E-state index contributed by atoms with van der Waals surface area (Å²) in [5, 5.41) is 1.53. The number of imidazole rings is 1. The van der Waals surface area contributed by atoms with Gasteiger partial charge in [-0.25, -0.2) is 4.85 Å². The fourth-order valence-corrected chi connectivity index (χ4v) is 5.01. The predicted molar refractivity (Wildman–Crippen MR) is 154 cm³/mol. The van der Waals surface area contributed by atoms with Gasteiger partial charge < -0.3 is 9.13 Å². The van der Waals surface area contributed by atoms with Gasteiger partial charge in [0, 0.05) is 22.2 Å². The summed E-state index contributed by atoms with van der Waals surface area (Å²) in [5.41, 5.74) is 6.32. The zero-order valence-corrected chi connectivity index (χ0v) is 21.6. The molecule has 2 heterocycles. The number of hydrogen-bond acceptors (Lipinski definition) is 2. The Morgan fingerprint density at radius 2 is 1.56 bits per heavy atom. The lowest BCUT2D eigenvalue weighted by Crippen LogP contribution is -2.28. The van der Waals surface area contributed by atoms with Crippen molar-refractivity contribution in [3.63, 3.8) is 0 Å². The van der Waals surface area contributed by atoms with Crippen molar-refractivity contribution in [3.05, 3.63) is 148 Å². The number of carbonyl (C=O) groups is 1. The van der Waals surface area contributed by atoms with Crippen LogP contribution in [0.3, 0.4) is 0 Å². The van der Waals surface area contributed by atoms with Crippen LogP contribution in [-0.4, -0.2) is 20.0 Å². The largest absolute Gasteiger partial charge is 0.305 e. The standard InChI is InChI=1S/C32H22ClN5O/c1-34-27-16-14-22(15-17-27)20-37-28-12-2-3-13-29(28)38(21-25-9-4-7-23-10-6-18-35-30(23)25)32(37)36-31(39)24-8-5-11-26(33)19-24/h2-19H,20-21H2/b36-32+. The number of hydrogen-bond donors (Lipinski definition) is 0. The Kier molecular flexibility index (Phi) is 6.50. The van der Waals surface area contributed by atoms with E-state index in [0.717, 1.165) is 33.1 Å². The summed E-state index contributed by atoms with van der Waals surface area (Å²) < 4.78 is 4.11. The summed E-state index contributed by atoms with van der Waals surface area (Å²) in [6, 6.07) is 32.4. The normalized spacial score (nSPS) is 11.6. The smallest absolute Gasteiger partial charge is 0.280 e. The van der Waals surface area contributed by atoms with E-state index in [9.17, 15) is 4.79 Å². The molecule has 0 spiro atoms. The van der Waals surface area contributed by atoms with Crippen molar-refractivity contribution < 1.29 is 4.79 Å². The van der Waals surface area contributed by atoms with Crippen LogP contribution in [0.15, 0.2) is 114 Å². The van der Waals surface area contributed by atoms with Crippen molar-refractivity contribution in [3.8, 4) is 0 Å². The van der Waals surface area contributed by atoms with Gasteiger partial charge in [-0.05, 0) is 47.5 Å². The van der Waals surface area contributed by atoms with E-state index < -0.39 is 0 Å². The minimum atomic E-state index is -0.380. The van der Waals surface area contributed by atoms with Crippen LogP contribution in [0, 0.1) is 6.57 Å². The Morgan fingerprint density at radius 3 is 2.31 bits per heavy atom. The fraction of sp³-hybridized carbons (Fsp3) is 0.0625. The number of fused-ring (bicyclic) bond motifs is 2. The van der Waals surface area contributed by atoms with Crippen LogP contribution in [0.25, 0.3) is 26.8 Å². The summed E-state index contributed by atoms with van der Waals surface area (Å²) in [7, 11) is 0. The second-order valence-electron chi connectivity index (χ2n) is 9.16. The van der Waals surface area contributed by atoms with Crippen LogP contribution >= 0.6 is 11.6 Å². The van der Waals surface area contributed by atoms with E-state index in [1.807, 2.05) is 65.2 Å². The number of aromatic nitrogens is 3. The molecular formula is C32H22ClN5O. The Morgan fingerprint density at radius 1 is 0.846 bits per heavy atom. The molecule has 0 saturated heterocycles. The molecule has 6 aromatic rings. The third kappa shape index (κ3) is 4.84. The van der Waals surface area contributed by atoms with Gasteiger partial charge in [0.2, 0.25) is 5.62 Å². The molecule has 0 aliphatic rings. The molecule has 0 unspecified atom stereocenters. The molecule has 188 valence electrons. The number of para-hydroxylation sites is 3. The first-order valence-corrected chi connectivity index (χ1v) is 12.8. The number of halogens is 1. The van der Waals surface area contributed by atoms with Crippen LogP contribution in [0.1, 0.15) is 21.5 Å². The van der Waals surface area contributed by atoms with Gasteiger partial charge in [-0.1, -0.05) is 78.3 Å². The second-order valence-corrected chi connectivity index (χ2v) is 9.60. The van der Waals surface area contributed by atoms with Crippen molar-refractivity contribution in [1.29, 1.82) is 0 Å². The third-order valence-electron chi connectivity index (χ3n) is 6.67. The van der Waals surface area contributed by atoms with Crippen LogP contribution in [0.2, 0.25) is 5.02 Å². The minimum absolute atomic E-state index is 0.380. The van der Waals surface area contributed by atoms with E-state index in [1.54, 1.807) is 42.6 Å². The molecule has 0 radical (unpaired) electrons. The maximum Gasteiger partial charge on any atom is 0.280 e. The molecule has 0 fully saturated rings. The van der Waals surface area contributed by atoms with Gasteiger partial charge >= 0.3 is 0 Å². The summed E-state index contributed by atoms with van der Waals surface area (Å²) in [6.45, 7) is 8.21. The lowest BCUT2D eigenvalue weighted by atomic mass is 10.1. The van der Waals surface area contributed by atoms with Crippen LogP contribution < -0.4 is 5.62 Å². The molecule has 0 saturated carbocycles. The van der Waals surface area contributed by atoms with Gasteiger partial charge in [-0.3, -0.25) is 9.78 Å². The van der Waals surface area contributed by atoms with Gasteiger partial charge in [0.05, 0.1) is 36.2 Å². The van der Waals surface area contributed by atoms with E-state index in [0.29, 0.717) is 35.0 Å². The number of benzene rings is 4. The first kappa shape index (κ1) is 24.4. The Bertz CT molecular complexity index is 1960. The number of rotatable bonds is 5. The Labute approximate surface area is 229 Å². The molecule has 0 aliphatic carbocycles. The maximum atomic E-state index is 13.5. The average Bonchev–Trinajstić information content (AvgIpc) is 3.25. The fourth-order valence-electron chi connectivity index (χ4n) is 4.82. The van der Waals surface area contributed by atoms with Crippen LogP contribution in [0.5, 0.6) is 0 Å². The van der Waals surface area contributed by atoms with Gasteiger partial charge in [-0.2, -0.15) is 4.99 Å². The number of carbonyl (C=O) groups excluding carboxylic acids is 1. The van der Waals surface area contributed by atoms with E-state index in [1.165, 1.54) is 0 Å². The number of nitrogens with zero attached hydrogens (tertiary/aromatic N) is 5. The molecule has 0 atom stereocenters. The molecular weight excluding hydrogens is 506 g/mol.